The fourth-order valence-electron chi connectivity index (χ4n) is 17.9. The largest absolute Gasteiger partial charge is 0.268 e. The van der Waals surface area contributed by atoms with Gasteiger partial charge in [0.25, 0.3) is 22.2 Å². The highest BCUT2D eigenvalue weighted by Crippen LogP contribution is 2.58. The number of para-hydroxylation sites is 2. The first-order valence-electron chi connectivity index (χ1n) is 38.7. The van der Waals surface area contributed by atoms with E-state index in [1.54, 1.807) is 0 Å². The van der Waals surface area contributed by atoms with E-state index in [9.17, 15) is 0 Å². The van der Waals surface area contributed by atoms with Crippen molar-refractivity contribution in [3.8, 4) is 11.4 Å². The summed E-state index contributed by atoms with van der Waals surface area (Å²) in [6, 6.07) is 96.0. The minimum Gasteiger partial charge on any atom is -0.268 e. The summed E-state index contributed by atoms with van der Waals surface area (Å²) in [5.41, 5.74) is 8.95. The molecule has 110 heavy (non-hydrogen) atoms. The van der Waals surface area contributed by atoms with E-state index in [0.29, 0.717) is 43.7 Å². The zero-order valence-electron chi connectivity index (χ0n) is 64.4. The van der Waals surface area contributed by atoms with Gasteiger partial charge in [0, 0.05) is 43.1 Å². The molecule has 0 amide bonds. The summed E-state index contributed by atoms with van der Waals surface area (Å²) in [5.74, 6) is 0.0368. The van der Waals surface area contributed by atoms with Crippen LogP contribution >= 0.6 is 0 Å². The smallest absolute Gasteiger partial charge is 0.266 e. The van der Waals surface area contributed by atoms with Crippen LogP contribution in [0.4, 0.5) is 0 Å². The Labute approximate surface area is 639 Å². The van der Waals surface area contributed by atoms with Crippen LogP contribution < -0.4 is 22.2 Å². The monoisotopic (exact) mass is 1430 g/mol. The molecule has 0 atom stereocenters. The molecule has 19 aromatic carbocycles. The van der Waals surface area contributed by atoms with Crippen molar-refractivity contribution in [1.29, 1.82) is 0 Å². The zero-order valence-corrected chi connectivity index (χ0v) is 64.4. The van der Waals surface area contributed by atoms with Gasteiger partial charge < -0.3 is 0 Å². The van der Waals surface area contributed by atoms with Crippen LogP contribution in [-0.2, 0) is 0 Å². The fourth-order valence-corrected chi connectivity index (χ4v) is 17.9. The Morgan fingerprint density at radius 2 is 0.364 bits per heavy atom. The second-order valence-corrected chi connectivity index (χ2v) is 31.3. The molecule has 0 aliphatic carbocycles. The lowest BCUT2D eigenvalue weighted by Gasteiger charge is -2.28. The van der Waals surface area contributed by atoms with Crippen LogP contribution in [0.5, 0.6) is 0 Å². The molecule has 21 rings (SSSR count). The molecule has 2 aromatic heterocycles. The van der Waals surface area contributed by atoms with Crippen molar-refractivity contribution in [2.75, 3.05) is 0 Å². The maximum Gasteiger partial charge on any atom is 0.266 e. The van der Waals surface area contributed by atoms with E-state index in [1.807, 2.05) is 72.8 Å². The lowest BCUT2D eigenvalue weighted by molar-refractivity contribution is 0.792. The van der Waals surface area contributed by atoms with Gasteiger partial charge in [-0.15, -0.1) is 0 Å². The summed E-state index contributed by atoms with van der Waals surface area (Å²) in [4.78, 5) is 65.6. The molecule has 2 heterocycles. The van der Waals surface area contributed by atoms with Gasteiger partial charge in [-0.25, -0.2) is 9.13 Å². The first kappa shape index (κ1) is 70.3. The van der Waals surface area contributed by atoms with Gasteiger partial charge in [-0.3, -0.25) is 19.2 Å². The maximum absolute atomic E-state index is 16.4. The fraction of sp³-hybridized carbons (Fsp3) is 0.154. The average Bonchev–Trinajstić information content (AvgIpc) is 0.647. The van der Waals surface area contributed by atoms with E-state index in [0.717, 1.165) is 141 Å². The van der Waals surface area contributed by atoms with Crippen LogP contribution in [-0.4, -0.2) is 9.13 Å². The number of aryl methyl sites for hydroxylation is 4. The minimum absolute atomic E-state index is 0.00919. The van der Waals surface area contributed by atoms with Crippen LogP contribution in [0.1, 0.15) is 124 Å². The van der Waals surface area contributed by atoms with Crippen molar-refractivity contribution in [3.05, 3.63) is 365 Å². The van der Waals surface area contributed by atoms with E-state index >= 15 is 19.2 Å². The molecule has 0 aliphatic rings. The van der Waals surface area contributed by atoms with Crippen molar-refractivity contribution >= 4 is 151 Å². The number of benzene rings is 19. The van der Waals surface area contributed by atoms with Crippen molar-refractivity contribution in [2.45, 2.75) is 107 Å². The highest BCUT2D eigenvalue weighted by molar-refractivity contribution is 6.58. The number of fused-ring (bicyclic) bond motifs is 16. The number of rotatable bonds is 6. The Morgan fingerprint density at radius 3 is 0.545 bits per heavy atom. The molecule has 0 aliphatic heterocycles. The molecule has 0 fully saturated rings. The van der Waals surface area contributed by atoms with E-state index in [-0.39, 0.29) is 45.9 Å². The molecule has 0 spiro atoms. The predicted octanol–water partition coefficient (Wildman–Crippen LogP) is 26.5. The zero-order chi connectivity index (χ0) is 76.2. The lowest BCUT2D eigenvalue weighted by atomic mass is 9.75. The van der Waals surface area contributed by atoms with E-state index in [4.69, 9.17) is 0 Å². The molecule has 0 unspecified atom stereocenters. The summed E-state index contributed by atoms with van der Waals surface area (Å²) >= 11 is 0. The van der Waals surface area contributed by atoms with Gasteiger partial charge in [0.1, 0.15) is 0 Å². The van der Waals surface area contributed by atoms with Gasteiger partial charge in [0.05, 0.1) is 11.4 Å². The number of hydrogen-bond donors (Lipinski definition) is 0. The summed E-state index contributed by atoms with van der Waals surface area (Å²) in [7, 11) is 0. The highest BCUT2D eigenvalue weighted by atomic mass is 16.2. The summed E-state index contributed by atoms with van der Waals surface area (Å²) in [6.45, 7) is 25.4. The molecule has 0 bridgehead atoms. The molecular formula is C104H86N2O4. The molecule has 6 nitrogen and oxygen atoms in total. The maximum atomic E-state index is 16.4. The molecule has 0 radical (unpaired) electrons. The first-order valence-corrected chi connectivity index (χ1v) is 38.7. The lowest BCUT2D eigenvalue weighted by Crippen LogP contribution is -2.34. The Bertz CT molecular complexity index is 6520. The highest BCUT2D eigenvalue weighted by Gasteiger charge is 2.34. The van der Waals surface area contributed by atoms with Crippen LogP contribution in [0.3, 0.4) is 0 Å². The van der Waals surface area contributed by atoms with Crippen molar-refractivity contribution in [1.82, 2.24) is 9.13 Å². The van der Waals surface area contributed by atoms with E-state index in [2.05, 4.69) is 289 Å². The molecule has 0 N–H and O–H groups in total. The standard InChI is InChI=1S/C76H54N2O4.4C7H8/c1-35(2)39-27-17-28-40(36(3)4)71(39)77-73(79)55-31-51-59-47-23-13-9-19-43(47)45-21-11-15-25-49(45)61(59)53-33-57-64-58(76(82)78(75(57)81)72-41(37(5)6)29-18-30-42(72)38(7)8)34-54-62-50-26-16-12-22-46(50)44-20-10-14-24-48(44)60(62)52-32-56(74(77)80)63(55)69-65(51)67(53)70(64)68(54)66(52)69;4*1-7-5-3-2-4-6-7/h9-38H,1-8H3;4*2-6H,1H3. The Kier molecular flexibility index (Phi) is 17.8. The third kappa shape index (κ3) is 11.2. The van der Waals surface area contributed by atoms with Gasteiger partial charge in [-0.05, 0) is 206 Å². The second-order valence-electron chi connectivity index (χ2n) is 31.3. The second kappa shape index (κ2) is 27.9. The molecule has 0 saturated heterocycles. The summed E-state index contributed by atoms with van der Waals surface area (Å²) < 4.78 is 3.02. The predicted molar refractivity (Wildman–Crippen MR) is 472 cm³/mol. The van der Waals surface area contributed by atoms with E-state index < -0.39 is 0 Å². The third-order valence-corrected chi connectivity index (χ3v) is 22.9. The number of nitrogens with zero attached hydrogens (tertiary/aromatic N) is 2. The van der Waals surface area contributed by atoms with Crippen molar-refractivity contribution in [2.24, 2.45) is 0 Å². The summed E-state index contributed by atoms with van der Waals surface area (Å²) in [5, 5.41) is 24.4. The molecule has 6 heteroatoms. The van der Waals surface area contributed by atoms with Crippen LogP contribution in [0, 0.1) is 27.7 Å². The molecule has 536 valence electrons. The van der Waals surface area contributed by atoms with Crippen molar-refractivity contribution in [3.63, 3.8) is 0 Å². The summed E-state index contributed by atoms with van der Waals surface area (Å²) in [6.07, 6.45) is 0. The topological polar surface area (TPSA) is 78.1 Å². The quantitative estimate of drug-likeness (QED) is 0.123. The Hall–Kier alpha value is -12.6. The Balaban J connectivity index is 0.000000264. The minimum atomic E-state index is -0.352. The number of aromatic nitrogens is 2. The third-order valence-electron chi connectivity index (χ3n) is 22.9. The van der Waals surface area contributed by atoms with Crippen LogP contribution in [0.2, 0.25) is 0 Å². The number of pyridine rings is 2. The molecule has 21 aromatic rings. The average molecular weight is 1430 g/mol. The van der Waals surface area contributed by atoms with Gasteiger partial charge in [-0.2, -0.15) is 0 Å². The van der Waals surface area contributed by atoms with Crippen LogP contribution in [0.15, 0.2) is 298 Å². The number of hydrogen-bond acceptors (Lipinski definition) is 4. The SMILES string of the molecule is CC(C)c1cccc(C(C)C)c1-n1c(=O)c2cc3c4c5ccccc5c5ccccc5c4c4cc5c(=O)n(-c6c(C(C)C)cccc6C(C)C)c(=O)c6cc7c8c9ccccc9c9ccccc9c8c8cc(c1=O)c2c1c3c4c(c56)c7c81.Cc1ccccc1.Cc1ccccc1.Cc1ccccc1.Cc1ccccc1. The van der Waals surface area contributed by atoms with E-state index in [1.165, 1.54) is 31.4 Å². The van der Waals surface area contributed by atoms with Gasteiger partial charge >= 0.3 is 0 Å². The van der Waals surface area contributed by atoms with Gasteiger partial charge in [0.15, 0.2) is 0 Å². The van der Waals surface area contributed by atoms with Crippen molar-refractivity contribution < 1.29 is 0 Å². The molecule has 0 saturated carbocycles. The first-order chi connectivity index (χ1) is 53.3. The van der Waals surface area contributed by atoms with Crippen LogP contribution in [0.25, 0.3) is 162 Å². The Morgan fingerprint density at radius 1 is 0.182 bits per heavy atom. The molecular weight excluding hydrogens is 1340 g/mol. The van der Waals surface area contributed by atoms with Gasteiger partial charge in [0.2, 0.25) is 0 Å². The van der Waals surface area contributed by atoms with Gasteiger partial charge in [-0.1, -0.05) is 332 Å². The normalized spacial score (nSPS) is 11.9.